The zero-order valence-corrected chi connectivity index (χ0v) is 17.6. The number of amides is 1. The average molecular weight is 420 g/mol. The maximum absolute atomic E-state index is 13.6. The molecule has 0 bridgehead atoms. The largest absolute Gasteiger partial charge is 0.338 e. The van der Waals surface area contributed by atoms with Gasteiger partial charge in [0.1, 0.15) is 9.88 Å². The standard InChI is InChI=1S/C22H27F2N3OS/c1-15-20(29-21(25-15)16-6-7-18(23)19(24)14-16)22(28)27-12-8-17(9-13-27)26-10-4-2-3-5-11-26/h6-7,14,17H,2-5,8-13H2,1H3. The number of rotatable bonds is 3. The molecule has 0 unspecified atom stereocenters. The third-order valence-electron chi connectivity index (χ3n) is 6.07. The van der Waals surface area contributed by atoms with Crippen LogP contribution in [0.5, 0.6) is 0 Å². The van der Waals surface area contributed by atoms with Crippen LogP contribution in [0.15, 0.2) is 18.2 Å². The number of piperidine rings is 1. The number of carbonyl (C=O) groups is 1. The summed E-state index contributed by atoms with van der Waals surface area (Å²) in [5.41, 5.74) is 1.14. The molecule has 1 amide bonds. The number of aromatic nitrogens is 1. The first-order valence-corrected chi connectivity index (χ1v) is 11.3. The molecule has 2 fully saturated rings. The Morgan fingerprint density at radius 3 is 2.38 bits per heavy atom. The second kappa shape index (κ2) is 8.88. The molecule has 1 aromatic carbocycles. The highest BCUT2D eigenvalue weighted by Crippen LogP contribution is 2.31. The number of carbonyl (C=O) groups excluding carboxylic acids is 1. The third-order valence-corrected chi connectivity index (χ3v) is 7.26. The second-order valence-corrected chi connectivity index (χ2v) is 9.04. The molecule has 2 saturated heterocycles. The molecule has 3 heterocycles. The smallest absolute Gasteiger partial charge is 0.265 e. The van der Waals surface area contributed by atoms with Crippen molar-refractivity contribution in [3.05, 3.63) is 40.4 Å². The van der Waals surface area contributed by atoms with Gasteiger partial charge in [-0.15, -0.1) is 11.3 Å². The number of thiazole rings is 1. The van der Waals surface area contributed by atoms with Gasteiger partial charge in [-0.2, -0.15) is 0 Å². The van der Waals surface area contributed by atoms with Crippen molar-refractivity contribution in [3.63, 3.8) is 0 Å². The minimum absolute atomic E-state index is 0.00292. The molecule has 0 radical (unpaired) electrons. The summed E-state index contributed by atoms with van der Waals surface area (Å²) >= 11 is 1.26. The minimum Gasteiger partial charge on any atom is -0.338 e. The number of hydrogen-bond acceptors (Lipinski definition) is 4. The SMILES string of the molecule is Cc1nc(-c2ccc(F)c(F)c2)sc1C(=O)N1CCC(N2CCCCCC2)CC1. The van der Waals surface area contributed by atoms with Crippen LogP contribution in [0.1, 0.15) is 53.9 Å². The molecule has 4 nitrogen and oxygen atoms in total. The summed E-state index contributed by atoms with van der Waals surface area (Å²) in [5.74, 6) is -1.78. The van der Waals surface area contributed by atoms with E-state index in [0.29, 0.717) is 27.2 Å². The lowest BCUT2D eigenvalue weighted by molar-refractivity contribution is 0.0626. The molecule has 0 spiro atoms. The van der Waals surface area contributed by atoms with E-state index in [1.54, 1.807) is 6.92 Å². The highest BCUT2D eigenvalue weighted by molar-refractivity contribution is 7.17. The monoisotopic (exact) mass is 419 g/mol. The first-order valence-electron chi connectivity index (χ1n) is 10.5. The molecule has 2 aliphatic rings. The molecule has 2 aliphatic heterocycles. The van der Waals surface area contributed by atoms with Crippen LogP contribution in [0.2, 0.25) is 0 Å². The average Bonchev–Trinajstić information content (AvgIpc) is 2.93. The first kappa shape index (κ1) is 20.4. The van der Waals surface area contributed by atoms with Gasteiger partial charge in [0.05, 0.1) is 5.69 Å². The van der Waals surface area contributed by atoms with Gasteiger partial charge >= 0.3 is 0 Å². The fraction of sp³-hybridized carbons (Fsp3) is 0.545. The van der Waals surface area contributed by atoms with Gasteiger partial charge in [-0.3, -0.25) is 4.79 Å². The third kappa shape index (κ3) is 4.51. The van der Waals surface area contributed by atoms with Crippen LogP contribution in [0.3, 0.4) is 0 Å². The number of aryl methyl sites for hydroxylation is 1. The van der Waals surface area contributed by atoms with Crippen LogP contribution in [-0.4, -0.2) is 52.9 Å². The molecular weight excluding hydrogens is 392 g/mol. The molecular formula is C22H27F2N3OS. The Hall–Kier alpha value is -1.86. The van der Waals surface area contributed by atoms with E-state index >= 15 is 0 Å². The van der Waals surface area contributed by atoms with Gasteiger partial charge in [-0.1, -0.05) is 12.8 Å². The van der Waals surface area contributed by atoms with Crippen LogP contribution in [-0.2, 0) is 0 Å². The van der Waals surface area contributed by atoms with Crippen LogP contribution in [0, 0.1) is 18.6 Å². The number of nitrogens with zero attached hydrogens (tertiary/aromatic N) is 3. The lowest BCUT2D eigenvalue weighted by Gasteiger charge is -2.38. The topological polar surface area (TPSA) is 36.4 Å². The Morgan fingerprint density at radius 2 is 1.72 bits per heavy atom. The van der Waals surface area contributed by atoms with Gasteiger partial charge in [-0.25, -0.2) is 13.8 Å². The van der Waals surface area contributed by atoms with Crippen molar-refractivity contribution >= 4 is 17.2 Å². The Kier molecular flexibility index (Phi) is 6.25. The van der Waals surface area contributed by atoms with Crippen LogP contribution in [0.25, 0.3) is 10.6 Å². The van der Waals surface area contributed by atoms with E-state index in [1.165, 1.54) is 56.2 Å². The van der Waals surface area contributed by atoms with E-state index in [9.17, 15) is 13.6 Å². The molecule has 4 rings (SSSR count). The summed E-state index contributed by atoms with van der Waals surface area (Å²) in [4.78, 5) is 22.6. The molecule has 0 saturated carbocycles. The molecule has 29 heavy (non-hydrogen) atoms. The van der Waals surface area contributed by atoms with Gasteiger partial charge in [0, 0.05) is 24.7 Å². The quantitative estimate of drug-likeness (QED) is 0.712. The Morgan fingerprint density at radius 1 is 1.03 bits per heavy atom. The van der Waals surface area contributed by atoms with E-state index in [2.05, 4.69) is 9.88 Å². The molecule has 2 aromatic rings. The summed E-state index contributed by atoms with van der Waals surface area (Å²) in [6.45, 7) is 5.70. The maximum atomic E-state index is 13.6. The first-order chi connectivity index (χ1) is 14.0. The number of likely N-dealkylation sites (tertiary alicyclic amines) is 2. The Balaban J connectivity index is 1.42. The Labute approximate surface area is 174 Å². The van der Waals surface area contributed by atoms with Crippen LogP contribution < -0.4 is 0 Å². The van der Waals surface area contributed by atoms with E-state index in [-0.39, 0.29) is 5.91 Å². The predicted molar refractivity (Wildman–Crippen MR) is 111 cm³/mol. The summed E-state index contributed by atoms with van der Waals surface area (Å²) in [7, 11) is 0. The summed E-state index contributed by atoms with van der Waals surface area (Å²) in [6, 6.07) is 4.31. The van der Waals surface area contributed by atoms with Crippen molar-refractivity contribution < 1.29 is 13.6 Å². The van der Waals surface area contributed by atoms with Crippen LogP contribution in [0.4, 0.5) is 8.78 Å². The fourth-order valence-electron chi connectivity index (χ4n) is 4.39. The zero-order valence-electron chi connectivity index (χ0n) is 16.8. The molecule has 0 N–H and O–H groups in total. The highest BCUT2D eigenvalue weighted by Gasteiger charge is 2.29. The number of hydrogen-bond donors (Lipinski definition) is 0. The van der Waals surface area contributed by atoms with E-state index in [1.807, 2.05) is 4.90 Å². The van der Waals surface area contributed by atoms with Crippen molar-refractivity contribution in [2.75, 3.05) is 26.2 Å². The molecule has 156 valence electrons. The summed E-state index contributed by atoms with van der Waals surface area (Å²) in [6.07, 6.45) is 7.26. The highest BCUT2D eigenvalue weighted by atomic mass is 32.1. The maximum Gasteiger partial charge on any atom is 0.265 e. The van der Waals surface area contributed by atoms with E-state index < -0.39 is 11.6 Å². The molecule has 0 atom stereocenters. The lowest BCUT2D eigenvalue weighted by atomic mass is 10.0. The normalized spacial score (nSPS) is 19.3. The van der Waals surface area contributed by atoms with E-state index in [4.69, 9.17) is 0 Å². The predicted octanol–water partition coefficient (Wildman–Crippen LogP) is 4.88. The number of halogens is 2. The number of benzene rings is 1. The van der Waals surface area contributed by atoms with Crippen molar-refractivity contribution in [1.82, 2.24) is 14.8 Å². The van der Waals surface area contributed by atoms with E-state index in [0.717, 1.165) is 38.1 Å². The van der Waals surface area contributed by atoms with Gasteiger partial charge in [0.25, 0.3) is 5.91 Å². The summed E-state index contributed by atoms with van der Waals surface area (Å²) < 4.78 is 26.8. The van der Waals surface area contributed by atoms with Crippen molar-refractivity contribution in [2.45, 2.75) is 51.5 Å². The van der Waals surface area contributed by atoms with Gasteiger partial charge < -0.3 is 9.80 Å². The molecule has 1 aromatic heterocycles. The van der Waals surface area contributed by atoms with Crippen molar-refractivity contribution in [3.8, 4) is 10.6 Å². The Bertz CT molecular complexity index is 869. The van der Waals surface area contributed by atoms with Crippen molar-refractivity contribution in [1.29, 1.82) is 0 Å². The molecule has 0 aliphatic carbocycles. The van der Waals surface area contributed by atoms with Gasteiger partial charge in [-0.05, 0) is 63.9 Å². The lowest BCUT2D eigenvalue weighted by Crippen LogP contribution is -2.47. The fourth-order valence-corrected chi connectivity index (χ4v) is 5.42. The van der Waals surface area contributed by atoms with Crippen LogP contribution >= 0.6 is 11.3 Å². The van der Waals surface area contributed by atoms with Gasteiger partial charge in [0.2, 0.25) is 0 Å². The van der Waals surface area contributed by atoms with Crippen molar-refractivity contribution in [2.24, 2.45) is 0 Å². The van der Waals surface area contributed by atoms with Gasteiger partial charge in [0.15, 0.2) is 11.6 Å². The molecule has 7 heteroatoms. The zero-order chi connectivity index (χ0) is 20.4. The minimum atomic E-state index is -0.904. The summed E-state index contributed by atoms with van der Waals surface area (Å²) in [5, 5.41) is 0.546. The second-order valence-electron chi connectivity index (χ2n) is 8.04.